The van der Waals surface area contributed by atoms with E-state index in [-0.39, 0.29) is 5.69 Å². The van der Waals surface area contributed by atoms with Gasteiger partial charge in [-0.2, -0.15) is 8.42 Å². The highest BCUT2D eigenvalue weighted by molar-refractivity contribution is 7.92. The molecule has 7 heteroatoms. The summed E-state index contributed by atoms with van der Waals surface area (Å²) in [4.78, 5) is 3.55. The molecule has 0 aliphatic carbocycles. The minimum atomic E-state index is -4.11. The van der Waals surface area contributed by atoms with Crippen molar-refractivity contribution in [2.24, 2.45) is 0 Å². The van der Waals surface area contributed by atoms with Gasteiger partial charge < -0.3 is 4.74 Å². The van der Waals surface area contributed by atoms with Crippen LogP contribution >= 0.6 is 0 Å². The smallest absolute Gasteiger partial charge is 0.282 e. The first-order chi connectivity index (χ1) is 9.44. The molecule has 20 heavy (non-hydrogen) atoms. The topological polar surface area (TPSA) is 68.3 Å². The summed E-state index contributed by atoms with van der Waals surface area (Å²) in [6.07, 6.45) is 1.21. The van der Waals surface area contributed by atoms with Gasteiger partial charge in [0.1, 0.15) is 5.75 Å². The van der Waals surface area contributed by atoms with Crippen molar-refractivity contribution in [1.29, 1.82) is 0 Å². The number of methoxy groups -OCH3 is 1. The Hall–Kier alpha value is -2.15. The molecule has 0 spiro atoms. The number of pyridine rings is 1. The van der Waals surface area contributed by atoms with Crippen molar-refractivity contribution in [3.63, 3.8) is 0 Å². The van der Waals surface area contributed by atoms with E-state index in [0.717, 1.165) is 11.6 Å². The number of hydrogen-bond donors (Lipinski definition) is 1. The first-order valence-electron chi connectivity index (χ1n) is 5.72. The number of rotatable bonds is 4. The first kappa shape index (κ1) is 14.3. The maximum absolute atomic E-state index is 13.5. The molecule has 0 saturated carbocycles. The zero-order chi connectivity index (χ0) is 14.8. The van der Waals surface area contributed by atoms with Crippen LogP contribution in [-0.2, 0) is 10.0 Å². The Morgan fingerprint density at radius 2 is 2.05 bits per heavy atom. The van der Waals surface area contributed by atoms with Crippen molar-refractivity contribution >= 4 is 15.7 Å². The van der Waals surface area contributed by atoms with E-state index in [9.17, 15) is 12.8 Å². The molecule has 0 aliphatic heterocycles. The molecule has 0 amide bonds. The first-order valence-corrected chi connectivity index (χ1v) is 7.20. The summed E-state index contributed by atoms with van der Waals surface area (Å²) in [6, 6.07) is 7.29. The molecule has 1 N–H and O–H groups in total. The van der Waals surface area contributed by atoms with Crippen LogP contribution in [0, 0.1) is 12.7 Å². The quantitative estimate of drug-likeness (QED) is 0.940. The van der Waals surface area contributed by atoms with Gasteiger partial charge in [-0.15, -0.1) is 0 Å². The molecule has 1 aromatic heterocycles. The summed E-state index contributed by atoms with van der Waals surface area (Å²) >= 11 is 0. The molecule has 1 aromatic carbocycles. The lowest BCUT2D eigenvalue weighted by molar-refractivity contribution is 0.416. The monoisotopic (exact) mass is 296 g/mol. The second-order valence-corrected chi connectivity index (χ2v) is 5.70. The summed E-state index contributed by atoms with van der Waals surface area (Å²) < 4.78 is 45.1. The van der Waals surface area contributed by atoms with Crippen LogP contribution in [0.15, 0.2) is 41.6 Å². The summed E-state index contributed by atoms with van der Waals surface area (Å²) in [6.45, 7) is 1.85. The van der Waals surface area contributed by atoms with Crippen LogP contribution in [0.2, 0.25) is 0 Å². The Bertz CT molecular complexity index is 732. The molecule has 2 aromatic rings. The highest BCUT2D eigenvalue weighted by Gasteiger charge is 2.21. The number of nitrogens with one attached hydrogen (secondary N) is 1. The number of aromatic nitrogens is 1. The fourth-order valence-corrected chi connectivity index (χ4v) is 2.72. The van der Waals surface area contributed by atoms with E-state index in [1.807, 2.05) is 6.92 Å². The van der Waals surface area contributed by atoms with Crippen LogP contribution in [0.4, 0.5) is 10.1 Å². The van der Waals surface area contributed by atoms with Crippen molar-refractivity contribution in [3.8, 4) is 5.75 Å². The van der Waals surface area contributed by atoms with Crippen LogP contribution in [0.25, 0.3) is 0 Å². The lowest BCUT2D eigenvalue weighted by atomic mass is 10.2. The second kappa shape index (κ2) is 5.46. The van der Waals surface area contributed by atoms with Crippen LogP contribution in [0.5, 0.6) is 5.75 Å². The highest BCUT2D eigenvalue weighted by Crippen LogP contribution is 2.27. The average molecular weight is 296 g/mol. The number of sulfonamides is 1. The Morgan fingerprint density at radius 1 is 1.30 bits per heavy atom. The number of anilines is 1. The number of benzene rings is 1. The van der Waals surface area contributed by atoms with Gasteiger partial charge in [0, 0.05) is 6.20 Å². The fourth-order valence-electron chi connectivity index (χ4n) is 1.64. The largest absolute Gasteiger partial charge is 0.495 e. The fraction of sp³-hybridized carbons (Fsp3) is 0.154. The van der Waals surface area contributed by atoms with Crippen molar-refractivity contribution in [2.45, 2.75) is 11.9 Å². The Kier molecular flexibility index (Phi) is 3.89. The average Bonchev–Trinajstić information content (AvgIpc) is 2.41. The third kappa shape index (κ3) is 2.88. The van der Waals surface area contributed by atoms with Gasteiger partial charge in [-0.25, -0.2) is 9.37 Å². The molecule has 0 fully saturated rings. The molecular weight excluding hydrogens is 283 g/mol. The van der Waals surface area contributed by atoms with Gasteiger partial charge in [0.25, 0.3) is 10.0 Å². The summed E-state index contributed by atoms with van der Waals surface area (Å²) in [5, 5.41) is -0.650. The van der Waals surface area contributed by atoms with Gasteiger partial charge in [0.2, 0.25) is 5.03 Å². The molecular formula is C13H13FN2O3S. The molecule has 1 heterocycles. The predicted octanol–water partition coefficient (Wildman–Crippen LogP) is 2.34. The molecule has 5 nitrogen and oxygen atoms in total. The summed E-state index contributed by atoms with van der Waals surface area (Å²) in [5.74, 6) is -0.559. The van der Waals surface area contributed by atoms with Crippen LogP contribution < -0.4 is 9.46 Å². The standard InChI is InChI=1S/C13H13FN2O3S/c1-9-5-6-11(12(8-9)19-2)16-20(17,18)13-10(14)4-3-7-15-13/h3-8,16H,1-2H3. The minimum absolute atomic E-state index is 0.225. The third-order valence-corrected chi connectivity index (χ3v) is 3.88. The van der Waals surface area contributed by atoms with Gasteiger partial charge in [-0.05, 0) is 36.8 Å². The van der Waals surface area contributed by atoms with Gasteiger partial charge >= 0.3 is 0 Å². The van der Waals surface area contributed by atoms with Crippen molar-refractivity contribution in [2.75, 3.05) is 11.8 Å². The maximum Gasteiger partial charge on any atom is 0.282 e. The van der Waals surface area contributed by atoms with Gasteiger partial charge in [0.15, 0.2) is 5.82 Å². The Balaban J connectivity index is 2.41. The van der Waals surface area contributed by atoms with Gasteiger partial charge in [-0.1, -0.05) is 6.07 Å². The Labute approximate surface area is 116 Å². The lowest BCUT2D eigenvalue weighted by Crippen LogP contribution is -2.16. The number of hydrogen-bond acceptors (Lipinski definition) is 4. The van der Waals surface area contributed by atoms with E-state index >= 15 is 0 Å². The Morgan fingerprint density at radius 3 is 2.70 bits per heavy atom. The van der Waals surface area contributed by atoms with E-state index in [1.165, 1.54) is 19.4 Å². The molecule has 0 aliphatic rings. The van der Waals surface area contributed by atoms with Gasteiger partial charge in [-0.3, -0.25) is 4.72 Å². The number of aryl methyl sites for hydroxylation is 1. The van der Waals surface area contributed by atoms with E-state index in [2.05, 4.69) is 9.71 Å². The second-order valence-electron chi connectivity index (χ2n) is 4.10. The van der Waals surface area contributed by atoms with Crippen molar-refractivity contribution < 1.29 is 17.5 Å². The van der Waals surface area contributed by atoms with Crippen molar-refractivity contribution in [1.82, 2.24) is 4.98 Å². The van der Waals surface area contributed by atoms with E-state index in [4.69, 9.17) is 4.74 Å². The van der Waals surface area contributed by atoms with Crippen LogP contribution in [0.1, 0.15) is 5.56 Å². The molecule has 0 bridgehead atoms. The van der Waals surface area contributed by atoms with Gasteiger partial charge in [0.05, 0.1) is 12.8 Å². The number of halogens is 1. The lowest BCUT2D eigenvalue weighted by Gasteiger charge is -2.12. The number of nitrogens with zero attached hydrogens (tertiary/aromatic N) is 1. The predicted molar refractivity (Wildman–Crippen MR) is 72.7 cm³/mol. The molecule has 0 unspecified atom stereocenters. The molecule has 0 saturated heterocycles. The molecule has 0 radical (unpaired) electrons. The number of ether oxygens (including phenoxy) is 1. The van der Waals surface area contributed by atoms with Crippen LogP contribution in [-0.4, -0.2) is 20.5 Å². The summed E-state index contributed by atoms with van der Waals surface area (Å²) in [5.41, 5.74) is 1.14. The normalized spacial score (nSPS) is 11.2. The zero-order valence-corrected chi connectivity index (χ0v) is 11.7. The molecule has 2 rings (SSSR count). The third-order valence-electron chi connectivity index (χ3n) is 2.58. The zero-order valence-electron chi connectivity index (χ0n) is 10.9. The summed E-state index contributed by atoms with van der Waals surface area (Å²) in [7, 11) is -2.68. The molecule has 0 atom stereocenters. The maximum atomic E-state index is 13.5. The SMILES string of the molecule is COc1cc(C)ccc1NS(=O)(=O)c1ncccc1F. The van der Waals surface area contributed by atoms with Crippen molar-refractivity contribution in [3.05, 3.63) is 47.9 Å². The van der Waals surface area contributed by atoms with E-state index in [0.29, 0.717) is 5.75 Å². The van der Waals surface area contributed by atoms with E-state index < -0.39 is 20.9 Å². The minimum Gasteiger partial charge on any atom is -0.495 e. The highest BCUT2D eigenvalue weighted by atomic mass is 32.2. The molecule has 106 valence electrons. The van der Waals surface area contributed by atoms with Crippen LogP contribution in [0.3, 0.4) is 0 Å². The van der Waals surface area contributed by atoms with E-state index in [1.54, 1.807) is 18.2 Å².